The third-order valence-corrected chi connectivity index (χ3v) is 9.90. The van der Waals surface area contributed by atoms with Crippen molar-refractivity contribution in [3.05, 3.63) is 27.6 Å². The third kappa shape index (κ3) is 4.11. The van der Waals surface area contributed by atoms with Gasteiger partial charge in [0.05, 0.1) is 12.1 Å². The van der Waals surface area contributed by atoms with Crippen LogP contribution in [-0.4, -0.2) is 57.1 Å². The lowest BCUT2D eigenvalue weighted by atomic mass is 10.0. The predicted molar refractivity (Wildman–Crippen MR) is 122 cm³/mol. The summed E-state index contributed by atoms with van der Waals surface area (Å²) in [5.74, 6) is 1.15. The van der Waals surface area contributed by atoms with Crippen LogP contribution in [0.2, 0.25) is 0 Å². The Morgan fingerprint density at radius 1 is 1.43 bits per heavy atom. The first kappa shape index (κ1) is 21.3. The van der Waals surface area contributed by atoms with Gasteiger partial charge in [-0.15, -0.1) is 23.5 Å². The molecule has 1 aromatic rings. The number of hydrogen-bond donors (Lipinski definition) is 2. The van der Waals surface area contributed by atoms with Gasteiger partial charge in [-0.25, -0.2) is 4.98 Å². The number of imidazole rings is 1. The number of carbonyl (C=O) groups is 1. The largest absolute Gasteiger partial charge is 0.343 e. The molecule has 164 valence electrons. The van der Waals surface area contributed by atoms with Gasteiger partial charge >= 0.3 is 0 Å². The van der Waals surface area contributed by atoms with E-state index in [0.717, 1.165) is 31.6 Å². The van der Waals surface area contributed by atoms with E-state index < -0.39 is 6.41 Å². The average Bonchev–Trinajstić information content (AvgIpc) is 3.41. The Hall–Kier alpha value is -0.520. The highest BCUT2D eigenvalue weighted by Crippen LogP contribution is 2.55. The van der Waals surface area contributed by atoms with Crippen LogP contribution in [-0.2, 0) is 14.3 Å². The average molecular weight is 515 g/mol. The monoisotopic (exact) mass is 514 g/mol. The van der Waals surface area contributed by atoms with Crippen molar-refractivity contribution >= 4 is 45.4 Å². The maximum absolute atomic E-state index is 13.4. The summed E-state index contributed by atoms with van der Waals surface area (Å²) in [6, 6.07) is -0.329. The van der Waals surface area contributed by atoms with Crippen LogP contribution in [0.5, 0.6) is 0 Å². The van der Waals surface area contributed by atoms with Crippen molar-refractivity contribution in [1.82, 2.24) is 20.2 Å². The van der Waals surface area contributed by atoms with Crippen LogP contribution >= 0.6 is 39.5 Å². The lowest BCUT2D eigenvalue weighted by molar-refractivity contribution is -0.335. The van der Waals surface area contributed by atoms with Gasteiger partial charge in [0.2, 0.25) is 12.3 Å². The van der Waals surface area contributed by atoms with E-state index in [1.165, 1.54) is 9.51 Å². The van der Waals surface area contributed by atoms with E-state index in [0.29, 0.717) is 15.7 Å². The normalized spacial score (nSPS) is 32.4. The van der Waals surface area contributed by atoms with Gasteiger partial charge in [0.25, 0.3) is 0 Å². The number of H-pyrrole nitrogens is 1. The zero-order valence-corrected chi connectivity index (χ0v) is 20.3. The van der Waals surface area contributed by atoms with Crippen molar-refractivity contribution in [3.8, 4) is 0 Å². The molecule has 5 atom stereocenters. The lowest BCUT2D eigenvalue weighted by Gasteiger charge is -2.35. The summed E-state index contributed by atoms with van der Waals surface area (Å²) >= 11 is 7.56. The number of rotatable bonds is 6. The first-order chi connectivity index (χ1) is 14.5. The molecule has 4 aliphatic heterocycles. The highest BCUT2D eigenvalue weighted by Gasteiger charge is 2.41. The number of carbonyl (C=O) groups excluding carboxylic acids is 1. The number of fused-ring (bicyclic) bond motifs is 1. The van der Waals surface area contributed by atoms with E-state index in [1.807, 2.05) is 48.5 Å². The van der Waals surface area contributed by atoms with E-state index >= 15 is 0 Å². The van der Waals surface area contributed by atoms with E-state index in [2.05, 4.69) is 32.3 Å². The molecule has 0 radical (unpaired) electrons. The highest BCUT2D eigenvalue weighted by atomic mass is 79.9. The topological polar surface area (TPSA) is 79.5 Å². The molecule has 0 spiro atoms. The van der Waals surface area contributed by atoms with Crippen LogP contribution in [0.1, 0.15) is 55.9 Å². The van der Waals surface area contributed by atoms with Crippen LogP contribution in [0, 0.1) is 5.92 Å². The Labute approximate surface area is 193 Å². The minimum absolute atomic E-state index is 0.00634. The van der Waals surface area contributed by atoms with Crippen molar-refractivity contribution < 1.29 is 14.3 Å². The van der Waals surface area contributed by atoms with Gasteiger partial charge in [-0.1, -0.05) is 13.8 Å². The van der Waals surface area contributed by atoms with E-state index in [4.69, 9.17) is 14.5 Å². The summed E-state index contributed by atoms with van der Waals surface area (Å²) in [4.78, 5) is 23.6. The number of ether oxygens (including phenoxy) is 2. The number of halogens is 1. The van der Waals surface area contributed by atoms with Gasteiger partial charge in [-0.2, -0.15) is 0 Å². The van der Waals surface area contributed by atoms with Crippen molar-refractivity contribution in [1.29, 1.82) is 0 Å². The molecule has 3 unspecified atom stereocenters. The van der Waals surface area contributed by atoms with Crippen molar-refractivity contribution in [3.63, 3.8) is 0 Å². The predicted octanol–water partition coefficient (Wildman–Crippen LogP) is 3.87. The highest BCUT2D eigenvalue weighted by molar-refractivity contribution is 9.14. The number of aromatic nitrogens is 2. The summed E-state index contributed by atoms with van der Waals surface area (Å²) in [5.41, 5.74) is 1.18. The molecule has 1 amide bonds. The Balaban J connectivity index is 1.28. The quantitative estimate of drug-likeness (QED) is 0.596. The first-order valence-electron chi connectivity index (χ1n) is 10.5. The number of amides is 1. The molecule has 0 aliphatic carbocycles. The second kappa shape index (κ2) is 8.78. The third-order valence-electron chi connectivity index (χ3n) is 6.19. The van der Waals surface area contributed by atoms with Gasteiger partial charge in [0, 0.05) is 38.0 Å². The molecule has 3 saturated heterocycles. The van der Waals surface area contributed by atoms with Crippen LogP contribution in [0.3, 0.4) is 0 Å². The van der Waals surface area contributed by atoms with E-state index in [9.17, 15) is 4.79 Å². The van der Waals surface area contributed by atoms with Crippen molar-refractivity contribution in [2.75, 3.05) is 13.3 Å². The smallest absolute Gasteiger partial charge is 0.240 e. The van der Waals surface area contributed by atoms with Crippen molar-refractivity contribution in [2.24, 2.45) is 5.92 Å². The minimum Gasteiger partial charge on any atom is -0.343 e. The Kier molecular flexibility index (Phi) is 6.25. The minimum atomic E-state index is -0.483. The Bertz CT molecular complexity index is 831. The molecule has 0 saturated carbocycles. The molecule has 3 fully saturated rings. The molecule has 4 aliphatic rings. The van der Waals surface area contributed by atoms with Gasteiger partial charge < -0.3 is 19.4 Å². The number of nitrogens with zero attached hydrogens (tertiary/aromatic N) is 2. The molecule has 5 heterocycles. The summed E-state index contributed by atoms with van der Waals surface area (Å²) in [6.07, 6.45) is 6.89. The zero-order chi connectivity index (χ0) is 20.8. The summed E-state index contributed by atoms with van der Waals surface area (Å²) in [7, 11) is 0. The fourth-order valence-corrected chi connectivity index (χ4v) is 8.79. The molecule has 7 nitrogen and oxygen atoms in total. The fraction of sp³-hybridized carbons (Fsp3) is 0.700. The summed E-state index contributed by atoms with van der Waals surface area (Å²) in [5, 5.41) is 4.84. The van der Waals surface area contributed by atoms with E-state index in [1.54, 1.807) is 0 Å². The van der Waals surface area contributed by atoms with Crippen LogP contribution < -0.4 is 5.32 Å². The molecule has 2 N–H and O–H groups in total. The number of hydrogen-bond acceptors (Lipinski definition) is 7. The molecule has 0 bridgehead atoms. The van der Waals surface area contributed by atoms with Crippen LogP contribution in [0.15, 0.2) is 16.1 Å². The summed E-state index contributed by atoms with van der Waals surface area (Å²) in [6.45, 7) is 5.13. The SMILES string of the molecule is CC(C)[C@H](NC1OCO1)C(=O)N1CCC[C@H]1c1ncc(C2CC3SC(Br)=CC3S2)[nH]1. The second-order valence-corrected chi connectivity index (χ2v) is 12.6. The summed E-state index contributed by atoms with van der Waals surface area (Å²) < 4.78 is 11.9. The Morgan fingerprint density at radius 2 is 2.27 bits per heavy atom. The zero-order valence-electron chi connectivity index (χ0n) is 17.0. The molecular formula is C20H27BrN4O3S2. The maximum Gasteiger partial charge on any atom is 0.240 e. The Morgan fingerprint density at radius 3 is 2.97 bits per heavy atom. The lowest BCUT2D eigenvalue weighted by Crippen LogP contribution is -2.56. The number of thioether (sulfide) groups is 2. The molecule has 30 heavy (non-hydrogen) atoms. The van der Waals surface area contributed by atoms with Gasteiger partial charge in [-0.05, 0) is 47.2 Å². The van der Waals surface area contributed by atoms with Gasteiger partial charge in [0.15, 0.2) is 6.79 Å². The standard InChI is InChI=1S/C20H27BrN4O3S2/c1-10(2)17(24-20-27-9-28-20)19(26)25-5-3-4-12(25)18-22-8-11(23-18)13-6-14-15(29-13)7-16(21)30-14/h7-8,10,12-15,17,20,24H,3-6,9H2,1-2H3,(H,22,23)/t12-,13?,14?,15?,17-/m0/s1. The molecule has 1 aromatic heterocycles. The first-order valence-corrected chi connectivity index (χ1v) is 13.1. The van der Waals surface area contributed by atoms with Crippen LogP contribution in [0.25, 0.3) is 0 Å². The molecular weight excluding hydrogens is 488 g/mol. The van der Waals surface area contributed by atoms with Crippen LogP contribution in [0.4, 0.5) is 0 Å². The molecule has 0 aromatic carbocycles. The van der Waals surface area contributed by atoms with E-state index in [-0.39, 0.29) is 30.7 Å². The number of nitrogens with one attached hydrogen (secondary N) is 2. The number of likely N-dealkylation sites (tertiary alicyclic amines) is 1. The van der Waals surface area contributed by atoms with Gasteiger partial charge in [-0.3, -0.25) is 10.1 Å². The number of aromatic amines is 1. The molecule has 10 heteroatoms. The maximum atomic E-state index is 13.4. The van der Waals surface area contributed by atoms with Gasteiger partial charge in [0.1, 0.15) is 5.82 Å². The second-order valence-electron chi connectivity index (χ2n) is 8.54. The van der Waals surface area contributed by atoms with Crippen molar-refractivity contribution in [2.45, 2.75) is 67.4 Å². The molecule has 5 rings (SSSR count). The fourth-order valence-electron chi connectivity index (χ4n) is 4.56.